The van der Waals surface area contributed by atoms with Gasteiger partial charge in [0.15, 0.2) is 40.8 Å². The Labute approximate surface area is 736 Å². The average Bonchev–Trinajstić information content (AvgIpc) is 1.66. The first-order valence-corrected chi connectivity index (χ1v) is 40.4. The van der Waals surface area contributed by atoms with Crippen LogP contribution in [-0.2, 0) is 32.7 Å². The average molecular weight is 1770 g/mol. The molecule has 0 fully saturated rings. The molecule has 0 saturated carbocycles. The fourth-order valence-corrected chi connectivity index (χ4v) is 13.3. The lowest BCUT2D eigenvalue weighted by molar-refractivity contribution is 0.509. The van der Waals surface area contributed by atoms with Gasteiger partial charge in [-0.1, -0.05) is 132 Å². The van der Waals surface area contributed by atoms with Crippen molar-refractivity contribution >= 4 is 80.5 Å². The number of H-pyrrole nitrogens is 5. The lowest BCUT2D eigenvalue weighted by atomic mass is 10.1. The van der Waals surface area contributed by atoms with Crippen LogP contribution >= 0.6 is 23.2 Å². The lowest BCUT2D eigenvalue weighted by Crippen LogP contribution is -2.17. The first-order valence-electron chi connectivity index (χ1n) is 39.7. The van der Waals surface area contributed by atoms with E-state index in [1.807, 2.05) is 153 Å². The fourth-order valence-electron chi connectivity index (χ4n) is 12.9. The highest BCUT2D eigenvalue weighted by atomic mass is 35.5. The van der Waals surface area contributed by atoms with Crippen LogP contribution in [0.4, 0.5) is 50.4 Å². The van der Waals surface area contributed by atoms with Crippen LogP contribution in [0.5, 0.6) is 0 Å². The number of benzene rings is 10. The van der Waals surface area contributed by atoms with Crippen molar-refractivity contribution in [1.29, 1.82) is 0 Å². The third-order valence-corrected chi connectivity index (χ3v) is 19.9. The van der Waals surface area contributed by atoms with Gasteiger partial charge < -0.3 is 26.6 Å². The predicted molar refractivity (Wildman–Crippen MR) is 483 cm³/mol. The molecule has 644 valence electrons. The Kier molecular flexibility index (Phi) is 25.9. The Hall–Kier alpha value is -16.8. The van der Waals surface area contributed by atoms with Crippen LogP contribution in [-0.4, -0.2) is 97.9 Å². The molecule has 0 aliphatic rings. The molecule has 10 heterocycles. The maximum atomic E-state index is 13.7. The Morgan fingerprint density at radius 3 is 1.02 bits per heavy atom. The highest BCUT2D eigenvalue weighted by molar-refractivity contribution is 6.31. The number of aryl methyl sites for hydroxylation is 2. The summed E-state index contributed by atoms with van der Waals surface area (Å²) < 4.78 is 72.5. The van der Waals surface area contributed by atoms with E-state index in [0.717, 1.165) is 61.7 Å². The Morgan fingerprint density at radius 2 is 0.597 bits per heavy atom. The van der Waals surface area contributed by atoms with Gasteiger partial charge in [0, 0.05) is 90.9 Å². The predicted octanol–water partition coefficient (Wildman–Crippen LogP) is 16.1. The van der Waals surface area contributed by atoms with E-state index in [2.05, 4.69) is 102 Å². The normalized spacial score (nSPS) is 11.0. The second kappa shape index (κ2) is 38.9. The van der Waals surface area contributed by atoms with Crippen LogP contribution in [0, 0.1) is 42.9 Å². The number of para-hydroxylation sites is 2. The molecule has 0 amide bonds. The summed E-state index contributed by atoms with van der Waals surface area (Å²) in [6.45, 7) is 5.76. The minimum absolute atomic E-state index is 0.155. The van der Waals surface area contributed by atoms with Crippen molar-refractivity contribution in [2.24, 2.45) is 0 Å². The summed E-state index contributed by atoms with van der Waals surface area (Å²) in [5, 5.41) is 31.5. The molecule has 0 radical (unpaired) electrons. The Morgan fingerprint density at radius 1 is 0.264 bits per heavy atom. The monoisotopic (exact) mass is 1770 g/mol. The van der Waals surface area contributed by atoms with E-state index in [1.54, 1.807) is 60.7 Å². The van der Waals surface area contributed by atoms with Gasteiger partial charge in [-0.15, -0.1) is 0 Å². The molecular weight excluding hydrogens is 1700 g/mol. The van der Waals surface area contributed by atoms with Gasteiger partial charge >= 0.3 is 0 Å². The maximum absolute atomic E-state index is 13.7. The maximum Gasteiger partial charge on any atom is 0.274 e. The van der Waals surface area contributed by atoms with Crippen LogP contribution in [0.15, 0.2) is 303 Å². The number of halogens is 7. The van der Waals surface area contributed by atoms with E-state index in [9.17, 15) is 45.9 Å². The van der Waals surface area contributed by atoms with E-state index < -0.39 is 11.6 Å². The van der Waals surface area contributed by atoms with E-state index in [-0.39, 0.29) is 69.2 Å². The van der Waals surface area contributed by atoms with Gasteiger partial charge in [-0.25, -0.2) is 46.9 Å². The highest BCUT2D eigenvalue weighted by Gasteiger charge is 2.18. The van der Waals surface area contributed by atoms with Gasteiger partial charge in [0.05, 0.1) is 66.9 Å². The number of fused-ring (bicyclic) bond motifs is 5. The number of rotatable bonds is 20. The molecule has 0 unspecified atom stereocenters. The summed E-state index contributed by atoms with van der Waals surface area (Å²) in [5.74, 6) is 0.712. The van der Waals surface area contributed by atoms with Gasteiger partial charge in [0.25, 0.3) is 56.7 Å². The third kappa shape index (κ3) is 21.5. The molecule has 0 atom stereocenters. The van der Waals surface area contributed by atoms with Gasteiger partial charge in [-0.2, -0.15) is 47.5 Å². The Bertz CT molecular complexity index is 7540. The smallest absolute Gasteiger partial charge is 0.274 e. The number of hydrogen-bond donors (Lipinski definition) is 10. The van der Waals surface area contributed by atoms with Crippen molar-refractivity contribution in [3.8, 4) is 56.9 Å². The SMILES string of the molecule is Cc1ccc(-c2nc3nc(CNc4cccc(Cl)c4)cc(=O)n3[nH]2)cc1.Cc1cccc(NCc2cc(=O)n3[nH]c(-c4ccc(Cl)cc4)nc3n2)c1.O=c1cc(CNc2ccc(F)cc2)nc2nc(-c3ccccc3)[nH]n12.O=c1cc(CNc2ccccc2)nc2nc(-c3ccc(F)c(F)c3)[nH]n12.O=c1cc(CNc2ccccc2F)nc2nc(-c3ccc(F)cc3)[nH]n12. The molecule has 37 heteroatoms. The van der Waals surface area contributed by atoms with Gasteiger partial charge in [-0.05, 0) is 165 Å². The van der Waals surface area contributed by atoms with Crippen molar-refractivity contribution in [3.63, 3.8) is 0 Å². The van der Waals surface area contributed by atoms with Crippen molar-refractivity contribution in [3.05, 3.63) is 410 Å². The molecule has 0 spiro atoms. The number of aromatic nitrogens is 20. The zero-order valence-electron chi connectivity index (χ0n) is 68.0. The van der Waals surface area contributed by atoms with Crippen molar-refractivity contribution < 1.29 is 22.0 Å². The quantitative estimate of drug-likeness (QED) is 0.0317. The molecule has 0 saturated heterocycles. The number of nitrogens with one attached hydrogen (secondary N) is 10. The van der Waals surface area contributed by atoms with Crippen LogP contribution in [0.2, 0.25) is 10.0 Å². The first kappa shape index (κ1) is 85.7. The van der Waals surface area contributed by atoms with Gasteiger partial charge in [0.1, 0.15) is 17.5 Å². The number of anilines is 5. The molecular formula is C92H72Cl2F5N25O5. The van der Waals surface area contributed by atoms with E-state index >= 15 is 0 Å². The molecule has 0 bridgehead atoms. The van der Waals surface area contributed by atoms with Crippen LogP contribution in [0.3, 0.4) is 0 Å². The second-order valence-electron chi connectivity index (χ2n) is 28.8. The van der Waals surface area contributed by atoms with Gasteiger partial charge in [-0.3, -0.25) is 49.5 Å². The molecule has 10 N–H and O–H groups in total. The van der Waals surface area contributed by atoms with E-state index in [1.165, 1.54) is 90.4 Å². The van der Waals surface area contributed by atoms with Crippen LogP contribution in [0.1, 0.15) is 39.6 Å². The van der Waals surface area contributed by atoms with Crippen molar-refractivity contribution in [2.45, 2.75) is 46.6 Å². The van der Waals surface area contributed by atoms with E-state index in [4.69, 9.17) is 23.2 Å². The minimum Gasteiger partial charge on any atom is -0.379 e. The summed E-state index contributed by atoms with van der Waals surface area (Å²) >= 11 is 11.9. The highest BCUT2D eigenvalue weighted by Crippen LogP contribution is 2.25. The Balaban J connectivity index is 0.000000118. The molecule has 0 aliphatic carbocycles. The summed E-state index contributed by atoms with van der Waals surface area (Å²) in [5.41, 5.74) is 11.1. The summed E-state index contributed by atoms with van der Waals surface area (Å²) in [6.07, 6.45) is 0. The standard InChI is InChI=1S/2C19H16ClN5O.2C18H13F2N5O.C18H14FN5O/c1-12-5-7-13(8-6-12)18-23-19-22-16(10-17(26)25(19)24-18)11-21-15-4-2-3-14(20)9-15;1-12-3-2-4-15(9-12)21-11-16-10-17(26)25-19(22-16)23-18(24-25)13-5-7-14(20)8-6-13;19-12-7-5-11(6-8-12)17-23-18-22-13(9-16(26)25(18)24-17)10-21-15-4-2-1-3-14(15)20;19-14-7-6-11(8-15(14)20)17-23-18-22-13(9-16(26)25(18)24-17)10-21-12-4-2-1-3-5-12;19-13-6-8-14(9-7-13)20-11-15-10-16(25)24-18(21-15)22-17(23-24)12-4-2-1-3-5-12/h2*2-10,21H,11H2,1H3,(H,22,23,24);2*1-9,21H,10H2,(H,22,23,24);1-10,20H,11H2,(H,21,22,23). The largest absolute Gasteiger partial charge is 0.379 e. The summed E-state index contributed by atoms with van der Waals surface area (Å²) in [4.78, 5) is 105. The molecule has 10 aromatic carbocycles. The minimum atomic E-state index is -0.990. The molecule has 20 aromatic rings. The second-order valence-corrected chi connectivity index (χ2v) is 29.7. The van der Waals surface area contributed by atoms with Crippen LogP contribution < -0.4 is 54.4 Å². The molecule has 20 rings (SSSR count). The number of nitrogens with zero attached hydrogens (tertiary/aromatic N) is 15. The summed E-state index contributed by atoms with van der Waals surface area (Å²) in [7, 11) is 0. The number of aromatic amines is 5. The summed E-state index contributed by atoms with van der Waals surface area (Å²) in [6, 6.07) is 78.1. The van der Waals surface area contributed by atoms with Crippen LogP contribution in [0.25, 0.3) is 85.8 Å². The third-order valence-electron chi connectivity index (χ3n) is 19.4. The molecule has 10 aromatic heterocycles. The van der Waals surface area contributed by atoms with Crippen molar-refractivity contribution in [1.82, 2.24) is 97.9 Å². The molecule has 0 aliphatic heterocycles. The first-order chi connectivity index (χ1) is 62.5. The van der Waals surface area contributed by atoms with Crippen molar-refractivity contribution in [2.75, 3.05) is 26.6 Å². The number of hydrogen-bond acceptors (Lipinski definition) is 20. The molecule has 30 nitrogen and oxygen atoms in total. The zero-order chi connectivity index (χ0) is 89.6. The fraction of sp³-hybridized carbons (Fsp3) is 0.0761. The van der Waals surface area contributed by atoms with E-state index in [0.29, 0.717) is 122 Å². The molecule has 129 heavy (non-hydrogen) atoms. The zero-order valence-corrected chi connectivity index (χ0v) is 69.5. The topological polar surface area (TPSA) is 375 Å². The lowest BCUT2D eigenvalue weighted by Gasteiger charge is -2.06. The van der Waals surface area contributed by atoms with Gasteiger partial charge in [0.2, 0.25) is 0 Å².